The highest BCUT2D eigenvalue weighted by Gasteiger charge is 2.19. The van der Waals surface area contributed by atoms with Crippen molar-refractivity contribution in [2.75, 3.05) is 16.8 Å². The number of nitrogens with zero attached hydrogens (tertiary/aromatic N) is 3. The fourth-order valence-corrected chi connectivity index (χ4v) is 3.20. The van der Waals surface area contributed by atoms with Gasteiger partial charge in [0.1, 0.15) is 5.82 Å². The molecule has 2 aromatic carbocycles. The van der Waals surface area contributed by atoms with Crippen LogP contribution in [0.2, 0.25) is 0 Å². The number of hydrogen-bond donors (Lipinski definition) is 1. The third-order valence-corrected chi connectivity index (χ3v) is 4.58. The van der Waals surface area contributed by atoms with E-state index in [1.54, 1.807) is 6.92 Å². The Balaban J connectivity index is 1.62. The van der Waals surface area contributed by atoms with Crippen molar-refractivity contribution < 1.29 is 13.2 Å². The Morgan fingerprint density at radius 3 is 2.56 bits per heavy atom. The third kappa shape index (κ3) is 3.45. The van der Waals surface area contributed by atoms with Gasteiger partial charge in [-0.15, -0.1) is 0 Å². The molecule has 1 aromatic heterocycles. The van der Waals surface area contributed by atoms with Crippen LogP contribution in [0.1, 0.15) is 16.8 Å². The van der Waals surface area contributed by atoms with Gasteiger partial charge in [0.2, 0.25) is 5.95 Å². The molecule has 0 bridgehead atoms. The summed E-state index contributed by atoms with van der Waals surface area (Å²) in [5.41, 5.74) is 3.03. The smallest absolute Gasteiger partial charge is 0.229 e. The lowest BCUT2D eigenvalue weighted by Crippen LogP contribution is -2.31. The quantitative estimate of drug-likeness (QED) is 0.689. The Morgan fingerprint density at radius 2 is 1.74 bits per heavy atom. The molecule has 0 atom stereocenters. The van der Waals surface area contributed by atoms with Gasteiger partial charge < -0.3 is 10.2 Å². The molecule has 0 aliphatic carbocycles. The zero-order valence-corrected chi connectivity index (χ0v) is 14.6. The highest BCUT2D eigenvalue weighted by atomic mass is 19.2. The Morgan fingerprint density at radius 1 is 0.963 bits per heavy atom. The number of benzene rings is 2. The van der Waals surface area contributed by atoms with Crippen LogP contribution in [0.15, 0.2) is 42.5 Å². The number of rotatable bonds is 3. The first-order valence-electron chi connectivity index (χ1n) is 8.59. The summed E-state index contributed by atoms with van der Waals surface area (Å²) < 4.78 is 40.5. The summed E-state index contributed by atoms with van der Waals surface area (Å²) in [6.45, 7) is 3.31. The Bertz CT molecular complexity index is 1010. The zero-order valence-electron chi connectivity index (χ0n) is 14.6. The second-order valence-electron chi connectivity index (χ2n) is 6.48. The van der Waals surface area contributed by atoms with E-state index in [1.165, 1.54) is 11.1 Å². The summed E-state index contributed by atoms with van der Waals surface area (Å²) in [6, 6.07) is 12.1. The summed E-state index contributed by atoms with van der Waals surface area (Å²) in [4.78, 5) is 10.8. The van der Waals surface area contributed by atoms with Crippen LogP contribution >= 0.6 is 0 Å². The molecular formula is C20H17F3N4. The van der Waals surface area contributed by atoms with Crippen molar-refractivity contribution in [3.8, 4) is 0 Å². The highest BCUT2D eigenvalue weighted by Crippen LogP contribution is 2.26. The summed E-state index contributed by atoms with van der Waals surface area (Å²) in [7, 11) is 0. The van der Waals surface area contributed by atoms with E-state index in [1.807, 2.05) is 18.2 Å². The molecule has 7 heteroatoms. The number of aromatic nitrogens is 2. The number of halogens is 3. The van der Waals surface area contributed by atoms with Crippen molar-refractivity contribution in [1.82, 2.24) is 9.97 Å². The largest absolute Gasteiger partial charge is 0.352 e. The van der Waals surface area contributed by atoms with Crippen LogP contribution in [0.5, 0.6) is 0 Å². The van der Waals surface area contributed by atoms with Crippen LogP contribution in [0, 0.1) is 24.4 Å². The Labute approximate surface area is 154 Å². The molecule has 0 saturated carbocycles. The summed E-state index contributed by atoms with van der Waals surface area (Å²) in [6.07, 6.45) is 0.903. The number of hydrogen-bond acceptors (Lipinski definition) is 4. The van der Waals surface area contributed by atoms with Gasteiger partial charge in [0.25, 0.3) is 0 Å². The first kappa shape index (κ1) is 17.3. The Hall–Kier alpha value is -3.09. The molecule has 0 amide bonds. The molecule has 3 aromatic rings. The molecule has 0 spiro atoms. The fraction of sp³-hybridized carbons (Fsp3) is 0.200. The monoisotopic (exact) mass is 370 g/mol. The topological polar surface area (TPSA) is 41.1 Å². The molecule has 4 nitrogen and oxygen atoms in total. The Kier molecular flexibility index (Phi) is 4.43. The van der Waals surface area contributed by atoms with Gasteiger partial charge in [-0.25, -0.2) is 18.2 Å². The van der Waals surface area contributed by atoms with Gasteiger partial charge in [0.05, 0.1) is 5.69 Å². The van der Waals surface area contributed by atoms with E-state index in [4.69, 9.17) is 0 Å². The van der Waals surface area contributed by atoms with Gasteiger partial charge in [-0.3, -0.25) is 0 Å². The van der Waals surface area contributed by atoms with Crippen LogP contribution in [0.25, 0.3) is 0 Å². The van der Waals surface area contributed by atoms with E-state index in [-0.39, 0.29) is 11.6 Å². The van der Waals surface area contributed by atoms with Crippen LogP contribution in [0.3, 0.4) is 0 Å². The lowest BCUT2D eigenvalue weighted by Gasteiger charge is -2.30. The van der Waals surface area contributed by atoms with E-state index in [0.717, 1.165) is 25.1 Å². The SMILES string of the molecule is Cc1cc(N2CCc3ccccc3C2)nc(Nc2ccc(F)c(F)c2F)n1. The minimum absolute atomic E-state index is 0.133. The molecule has 4 rings (SSSR count). The molecule has 2 heterocycles. The summed E-state index contributed by atoms with van der Waals surface area (Å²) >= 11 is 0. The lowest BCUT2D eigenvalue weighted by molar-refractivity contribution is 0.449. The minimum Gasteiger partial charge on any atom is -0.352 e. The van der Waals surface area contributed by atoms with E-state index in [2.05, 4.69) is 32.3 Å². The normalized spacial score (nSPS) is 13.4. The summed E-state index contributed by atoms with van der Waals surface area (Å²) in [5, 5.41) is 2.65. The first-order chi connectivity index (χ1) is 13.0. The number of fused-ring (bicyclic) bond motifs is 1. The van der Waals surface area contributed by atoms with Gasteiger partial charge in [-0.1, -0.05) is 24.3 Å². The highest BCUT2D eigenvalue weighted by molar-refractivity contribution is 5.57. The van der Waals surface area contributed by atoms with Crippen LogP contribution in [-0.2, 0) is 13.0 Å². The minimum atomic E-state index is -1.53. The number of anilines is 3. The van der Waals surface area contributed by atoms with Crippen LogP contribution in [-0.4, -0.2) is 16.5 Å². The average molecular weight is 370 g/mol. The molecule has 0 saturated heterocycles. The fourth-order valence-electron chi connectivity index (χ4n) is 3.20. The molecule has 1 aliphatic rings. The molecule has 138 valence electrons. The zero-order chi connectivity index (χ0) is 19.0. The van der Waals surface area contributed by atoms with E-state index in [0.29, 0.717) is 18.1 Å². The maximum atomic E-state index is 13.9. The van der Waals surface area contributed by atoms with Crippen molar-refractivity contribution in [1.29, 1.82) is 0 Å². The molecule has 0 unspecified atom stereocenters. The molecular weight excluding hydrogens is 353 g/mol. The molecule has 0 radical (unpaired) electrons. The van der Waals surface area contributed by atoms with E-state index in [9.17, 15) is 13.2 Å². The van der Waals surface area contributed by atoms with Crippen LogP contribution < -0.4 is 10.2 Å². The van der Waals surface area contributed by atoms with Gasteiger partial charge in [-0.2, -0.15) is 4.98 Å². The number of nitrogens with one attached hydrogen (secondary N) is 1. The number of aryl methyl sites for hydroxylation is 1. The van der Waals surface area contributed by atoms with E-state index >= 15 is 0 Å². The maximum Gasteiger partial charge on any atom is 0.229 e. The standard InChI is InChI=1S/C20H17F3N4/c1-12-10-17(27-9-8-13-4-2-3-5-14(13)11-27)26-20(24-12)25-16-7-6-15(21)18(22)19(16)23/h2-7,10H,8-9,11H2,1H3,(H,24,25,26). The average Bonchev–Trinajstić information content (AvgIpc) is 2.67. The second kappa shape index (κ2) is 6.90. The van der Waals surface area contributed by atoms with Crippen molar-refractivity contribution in [2.45, 2.75) is 19.9 Å². The van der Waals surface area contributed by atoms with Gasteiger partial charge in [0.15, 0.2) is 17.5 Å². The van der Waals surface area contributed by atoms with Crippen molar-refractivity contribution >= 4 is 17.5 Å². The van der Waals surface area contributed by atoms with Crippen molar-refractivity contribution in [2.24, 2.45) is 0 Å². The second-order valence-corrected chi connectivity index (χ2v) is 6.48. The summed E-state index contributed by atoms with van der Waals surface area (Å²) in [5.74, 6) is -3.23. The van der Waals surface area contributed by atoms with Gasteiger partial charge >= 0.3 is 0 Å². The van der Waals surface area contributed by atoms with Crippen LogP contribution in [0.4, 0.5) is 30.6 Å². The molecule has 1 N–H and O–H groups in total. The molecule has 0 fully saturated rings. The third-order valence-electron chi connectivity index (χ3n) is 4.58. The first-order valence-corrected chi connectivity index (χ1v) is 8.59. The maximum absolute atomic E-state index is 13.9. The van der Waals surface area contributed by atoms with Gasteiger partial charge in [-0.05, 0) is 36.6 Å². The van der Waals surface area contributed by atoms with E-state index < -0.39 is 17.5 Å². The molecule has 27 heavy (non-hydrogen) atoms. The lowest BCUT2D eigenvalue weighted by atomic mass is 10.00. The van der Waals surface area contributed by atoms with Crippen molar-refractivity contribution in [3.05, 3.63) is 76.7 Å². The van der Waals surface area contributed by atoms with Gasteiger partial charge in [0, 0.05) is 24.8 Å². The predicted molar refractivity (Wildman–Crippen MR) is 97.6 cm³/mol. The van der Waals surface area contributed by atoms with Crippen molar-refractivity contribution in [3.63, 3.8) is 0 Å². The molecule has 1 aliphatic heterocycles. The predicted octanol–water partition coefficient (Wildman–Crippen LogP) is 4.51.